The topological polar surface area (TPSA) is 12.9 Å². The van der Waals surface area contributed by atoms with Crippen LogP contribution in [-0.2, 0) is 6.42 Å². The number of pyridine rings is 1. The van der Waals surface area contributed by atoms with Crippen LogP contribution < -0.4 is 0 Å². The van der Waals surface area contributed by atoms with Crippen LogP contribution in [0.2, 0.25) is 0 Å². The molecule has 0 radical (unpaired) electrons. The highest BCUT2D eigenvalue weighted by Gasteiger charge is 2.50. The molecule has 2 fully saturated rings. The maximum atomic E-state index is 4.61. The van der Waals surface area contributed by atoms with Crippen LogP contribution in [0, 0.1) is 5.92 Å². The highest BCUT2D eigenvalue weighted by molar-refractivity contribution is 5.83. The van der Waals surface area contributed by atoms with Crippen molar-refractivity contribution in [3.63, 3.8) is 0 Å². The number of aromatic nitrogens is 1. The summed E-state index contributed by atoms with van der Waals surface area (Å²) in [6.07, 6.45) is 9.36. The number of quaternary nitrogens is 1. The molecule has 0 bridgehead atoms. The van der Waals surface area contributed by atoms with E-state index >= 15 is 0 Å². The normalized spacial score (nSPS) is 30.5. The van der Waals surface area contributed by atoms with Gasteiger partial charge in [0, 0.05) is 18.0 Å². The summed E-state index contributed by atoms with van der Waals surface area (Å²) in [5.74, 6) is 1.53. The molecule has 0 spiro atoms. The van der Waals surface area contributed by atoms with Crippen molar-refractivity contribution in [3.05, 3.63) is 54.2 Å². The summed E-state index contributed by atoms with van der Waals surface area (Å²) < 4.78 is 1.12. The van der Waals surface area contributed by atoms with E-state index in [9.17, 15) is 0 Å². The molecular formula is C23H31N2+. The molecule has 4 rings (SSSR count). The monoisotopic (exact) mass is 335 g/mol. The third-order valence-electron chi connectivity index (χ3n) is 7.14. The molecule has 1 aliphatic heterocycles. The summed E-state index contributed by atoms with van der Waals surface area (Å²) in [5, 5.41) is 1.37. The van der Waals surface area contributed by atoms with E-state index in [-0.39, 0.29) is 0 Å². The van der Waals surface area contributed by atoms with Gasteiger partial charge in [-0.3, -0.25) is 4.98 Å². The van der Waals surface area contributed by atoms with Gasteiger partial charge in [0.1, 0.15) is 6.04 Å². The highest BCUT2D eigenvalue weighted by atomic mass is 15.4. The molecule has 2 aromatic rings. The summed E-state index contributed by atoms with van der Waals surface area (Å²) >= 11 is 0. The summed E-state index contributed by atoms with van der Waals surface area (Å²) in [5.41, 5.74) is 4.12. The lowest BCUT2D eigenvalue weighted by Crippen LogP contribution is -2.70. The number of fused-ring (bicyclic) bond motifs is 1. The van der Waals surface area contributed by atoms with Crippen LogP contribution in [0.25, 0.3) is 10.9 Å². The molecule has 1 saturated heterocycles. The van der Waals surface area contributed by atoms with Gasteiger partial charge in [0.05, 0.1) is 31.1 Å². The number of nitrogens with zero attached hydrogens (tertiary/aromatic N) is 2. The first-order valence-corrected chi connectivity index (χ1v) is 9.88. The van der Waals surface area contributed by atoms with Gasteiger partial charge in [-0.1, -0.05) is 26.0 Å². The lowest BCUT2D eigenvalue weighted by atomic mass is 9.79. The molecule has 2 heterocycles. The van der Waals surface area contributed by atoms with Crippen LogP contribution in [0.15, 0.2) is 43.1 Å². The Labute approximate surface area is 152 Å². The molecule has 2 aliphatic rings. The van der Waals surface area contributed by atoms with E-state index in [4.69, 9.17) is 0 Å². The van der Waals surface area contributed by atoms with Crippen LogP contribution >= 0.6 is 0 Å². The second-order valence-electron chi connectivity index (χ2n) is 8.66. The van der Waals surface area contributed by atoms with E-state index in [2.05, 4.69) is 62.8 Å². The smallest absolute Gasteiger partial charge is 0.115 e. The minimum Gasteiger partial charge on any atom is -0.317 e. The molecule has 1 saturated carbocycles. The first kappa shape index (κ1) is 16.8. The number of rotatable bonds is 5. The summed E-state index contributed by atoms with van der Waals surface area (Å²) in [7, 11) is 2.40. The van der Waals surface area contributed by atoms with Crippen molar-refractivity contribution >= 4 is 10.9 Å². The van der Waals surface area contributed by atoms with Gasteiger partial charge in [-0.25, -0.2) is 0 Å². The second-order valence-corrected chi connectivity index (χ2v) is 8.66. The molecule has 4 unspecified atom stereocenters. The zero-order valence-corrected chi connectivity index (χ0v) is 15.9. The molecule has 0 N–H and O–H groups in total. The van der Waals surface area contributed by atoms with Crippen LogP contribution in [0.5, 0.6) is 0 Å². The van der Waals surface area contributed by atoms with Gasteiger partial charge in [-0.2, -0.15) is 0 Å². The number of hydrogen-bond donors (Lipinski definition) is 0. The number of likely N-dealkylation sites (N-methyl/N-ethyl adjacent to an activating group) is 1. The predicted molar refractivity (Wildman–Crippen MR) is 106 cm³/mol. The fourth-order valence-corrected chi connectivity index (χ4v) is 5.16. The third-order valence-corrected chi connectivity index (χ3v) is 7.14. The van der Waals surface area contributed by atoms with Gasteiger partial charge >= 0.3 is 0 Å². The summed E-state index contributed by atoms with van der Waals surface area (Å²) in [4.78, 5) is 4.61. The Bertz CT molecular complexity index is 792. The fraction of sp³-hybridized carbons (Fsp3) is 0.522. The van der Waals surface area contributed by atoms with Gasteiger partial charge in [0.2, 0.25) is 0 Å². The zero-order valence-electron chi connectivity index (χ0n) is 15.9. The summed E-state index contributed by atoms with van der Waals surface area (Å²) in [6.45, 7) is 10.1. The maximum Gasteiger partial charge on any atom is 0.115 e. The second kappa shape index (κ2) is 6.25. The lowest BCUT2D eigenvalue weighted by molar-refractivity contribution is -0.995. The maximum absolute atomic E-state index is 4.61. The SMILES string of the molecule is C=CC1C(C)C[N+]1(C)C(C)Cc1ccnc2ccc(C3CCC3)cc12. The Morgan fingerprint density at radius 3 is 2.76 bits per heavy atom. The molecule has 2 nitrogen and oxygen atoms in total. The van der Waals surface area contributed by atoms with Crippen molar-refractivity contribution in [1.29, 1.82) is 0 Å². The Kier molecular flexibility index (Phi) is 4.19. The number of hydrogen-bond acceptors (Lipinski definition) is 1. The van der Waals surface area contributed by atoms with Gasteiger partial charge in [0.15, 0.2) is 0 Å². The molecule has 25 heavy (non-hydrogen) atoms. The van der Waals surface area contributed by atoms with Gasteiger partial charge < -0.3 is 4.48 Å². The molecule has 0 amide bonds. The molecule has 1 aliphatic carbocycles. The van der Waals surface area contributed by atoms with E-state index in [0.29, 0.717) is 12.1 Å². The van der Waals surface area contributed by atoms with Crippen molar-refractivity contribution in [2.24, 2.45) is 5.92 Å². The third kappa shape index (κ3) is 2.71. The van der Waals surface area contributed by atoms with Gasteiger partial charge in [0.25, 0.3) is 0 Å². The molecular weight excluding hydrogens is 304 g/mol. The van der Waals surface area contributed by atoms with Crippen molar-refractivity contribution in [2.45, 2.75) is 57.5 Å². The molecule has 2 heteroatoms. The Morgan fingerprint density at radius 2 is 2.12 bits per heavy atom. The number of benzene rings is 1. The molecule has 1 aromatic carbocycles. The first-order valence-electron chi connectivity index (χ1n) is 9.88. The lowest BCUT2D eigenvalue weighted by Gasteiger charge is -2.56. The zero-order chi connectivity index (χ0) is 17.6. The Morgan fingerprint density at radius 1 is 1.32 bits per heavy atom. The summed E-state index contributed by atoms with van der Waals surface area (Å²) in [6, 6.07) is 10.4. The van der Waals surface area contributed by atoms with E-state index in [1.165, 1.54) is 42.3 Å². The molecule has 1 aromatic heterocycles. The van der Waals surface area contributed by atoms with Crippen molar-refractivity contribution in [3.8, 4) is 0 Å². The van der Waals surface area contributed by atoms with E-state index in [0.717, 1.165) is 28.3 Å². The number of likely N-dealkylation sites (tertiary alicyclic amines) is 1. The Hall–Kier alpha value is -1.67. The van der Waals surface area contributed by atoms with E-state index in [1.54, 1.807) is 0 Å². The average molecular weight is 336 g/mol. The molecule has 132 valence electrons. The van der Waals surface area contributed by atoms with Crippen LogP contribution in [-0.4, -0.2) is 35.1 Å². The average Bonchev–Trinajstić information content (AvgIpc) is 2.53. The van der Waals surface area contributed by atoms with Crippen molar-refractivity contribution < 1.29 is 4.48 Å². The minimum atomic E-state index is 0.591. The van der Waals surface area contributed by atoms with Crippen molar-refractivity contribution in [1.82, 2.24) is 4.98 Å². The standard InChI is InChI=1S/C23H31N2/c1-5-23-16(2)15-25(23,4)17(3)13-20-11-12-24-22-10-9-19(14-21(20)22)18-7-6-8-18/h5,9-12,14,16-18,23H,1,6-8,13,15H2,2-4H3/q+1. The van der Waals surface area contributed by atoms with Crippen molar-refractivity contribution in [2.75, 3.05) is 13.6 Å². The van der Waals surface area contributed by atoms with Crippen LogP contribution in [0.1, 0.15) is 50.2 Å². The fourth-order valence-electron chi connectivity index (χ4n) is 5.16. The molecule has 4 atom stereocenters. The van der Waals surface area contributed by atoms with Crippen LogP contribution in [0.3, 0.4) is 0 Å². The van der Waals surface area contributed by atoms with E-state index < -0.39 is 0 Å². The van der Waals surface area contributed by atoms with E-state index in [1.807, 2.05) is 6.20 Å². The highest BCUT2D eigenvalue weighted by Crippen LogP contribution is 2.39. The predicted octanol–water partition coefficient (Wildman–Crippen LogP) is 5.08. The van der Waals surface area contributed by atoms with Gasteiger partial charge in [-0.05, 0) is 61.1 Å². The van der Waals surface area contributed by atoms with Crippen LogP contribution in [0.4, 0.5) is 0 Å². The minimum absolute atomic E-state index is 0.591. The largest absolute Gasteiger partial charge is 0.317 e. The van der Waals surface area contributed by atoms with Gasteiger partial charge in [-0.15, -0.1) is 0 Å². The Balaban J connectivity index is 1.63. The quantitative estimate of drug-likeness (QED) is 0.548. The first-order chi connectivity index (χ1) is 12.0.